The van der Waals surface area contributed by atoms with Crippen molar-refractivity contribution in [3.63, 3.8) is 0 Å². The number of carbonyl (C=O) groups excluding carboxylic acids is 1. The quantitative estimate of drug-likeness (QED) is 0.545. The van der Waals surface area contributed by atoms with Crippen LogP contribution in [0.5, 0.6) is 5.75 Å². The highest BCUT2D eigenvalue weighted by Crippen LogP contribution is 2.14. The van der Waals surface area contributed by atoms with Gasteiger partial charge in [-0.05, 0) is 30.5 Å². The van der Waals surface area contributed by atoms with Crippen LogP contribution < -0.4 is 4.74 Å². The lowest BCUT2D eigenvalue weighted by Gasteiger charge is -2.04. The molecule has 82 valence electrons. The second-order valence-corrected chi connectivity index (χ2v) is 3.58. The van der Waals surface area contributed by atoms with E-state index in [0.717, 1.165) is 6.42 Å². The molecule has 0 bridgehead atoms. The van der Waals surface area contributed by atoms with Crippen molar-refractivity contribution < 1.29 is 9.53 Å². The van der Waals surface area contributed by atoms with Gasteiger partial charge in [-0.15, -0.1) is 0 Å². The van der Waals surface area contributed by atoms with E-state index in [1.54, 1.807) is 6.92 Å². The fourth-order valence-corrected chi connectivity index (χ4v) is 1.31. The van der Waals surface area contributed by atoms with Crippen LogP contribution in [0.25, 0.3) is 0 Å². The number of carbonyl (C=O) groups is 1. The maximum absolute atomic E-state index is 11.0. The van der Waals surface area contributed by atoms with Crippen molar-refractivity contribution in [3.05, 3.63) is 29.8 Å². The van der Waals surface area contributed by atoms with Crippen molar-refractivity contribution in [1.82, 2.24) is 0 Å². The Morgan fingerprint density at radius 3 is 2.40 bits per heavy atom. The van der Waals surface area contributed by atoms with E-state index < -0.39 is 0 Å². The Morgan fingerprint density at radius 2 is 1.87 bits per heavy atom. The lowest BCUT2D eigenvalue weighted by atomic mass is 10.1. The summed E-state index contributed by atoms with van der Waals surface area (Å²) in [6.45, 7) is 3.97. The van der Waals surface area contributed by atoms with E-state index in [0.29, 0.717) is 12.2 Å². The van der Waals surface area contributed by atoms with E-state index in [1.165, 1.54) is 18.4 Å². The summed E-state index contributed by atoms with van der Waals surface area (Å²) in [5.41, 5.74) is 1.30. The molecule has 0 amide bonds. The third-order valence-electron chi connectivity index (χ3n) is 2.26. The number of aryl methyl sites for hydroxylation is 1. The molecule has 0 N–H and O–H groups in total. The van der Waals surface area contributed by atoms with Gasteiger partial charge in [0.25, 0.3) is 0 Å². The average Bonchev–Trinajstić information content (AvgIpc) is 2.28. The SMILES string of the molecule is CCCCc1ccc(OC(=O)CC)cc1. The smallest absolute Gasteiger partial charge is 0.310 e. The van der Waals surface area contributed by atoms with Crippen LogP contribution in [0.2, 0.25) is 0 Å². The second kappa shape index (κ2) is 6.23. The van der Waals surface area contributed by atoms with Gasteiger partial charge in [-0.1, -0.05) is 32.4 Å². The van der Waals surface area contributed by atoms with E-state index >= 15 is 0 Å². The van der Waals surface area contributed by atoms with Crippen molar-refractivity contribution in [3.8, 4) is 5.75 Å². The van der Waals surface area contributed by atoms with Gasteiger partial charge in [0, 0.05) is 6.42 Å². The van der Waals surface area contributed by atoms with E-state index in [4.69, 9.17) is 4.74 Å². The Balaban J connectivity index is 2.52. The number of rotatable bonds is 5. The van der Waals surface area contributed by atoms with E-state index in [-0.39, 0.29) is 5.97 Å². The van der Waals surface area contributed by atoms with Crippen LogP contribution in [0.15, 0.2) is 24.3 Å². The van der Waals surface area contributed by atoms with Crippen LogP contribution >= 0.6 is 0 Å². The van der Waals surface area contributed by atoms with Gasteiger partial charge in [-0.2, -0.15) is 0 Å². The van der Waals surface area contributed by atoms with Crippen molar-refractivity contribution in [2.24, 2.45) is 0 Å². The molecule has 0 saturated carbocycles. The molecule has 0 aliphatic carbocycles. The topological polar surface area (TPSA) is 26.3 Å². The monoisotopic (exact) mass is 206 g/mol. The number of hydrogen-bond donors (Lipinski definition) is 0. The zero-order valence-corrected chi connectivity index (χ0v) is 9.45. The van der Waals surface area contributed by atoms with Crippen molar-refractivity contribution in [2.45, 2.75) is 39.5 Å². The Kier molecular flexibility index (Phi) is 4.88. The first-order chi connectivity index (χ1) is 7.26. The van der Waals surface area contributed by atoms with Crippen LogP contribution in [-0.2, 0) is 11.2 Å². The summed E-state index contributed by atoms with van der Waals surface area (Å²) in [7, 11) is 0. The highest BCUT2D eigenvalue weighted by atomic mass is 16.5. The predicted molar refractivity (Wildman–Crippen MR) is 61.0 cm³/mol. The predicted octanol–water partition coefficient (Wildman–Crippen LogP) is 3.34. The third-order valence-corrected chi connectivity index (χ3v) is 2.26. The van der Waals surface area contributed by atoms with Crippen molar-refractivity contribution in [2.75, 3.05) is 0 Å². The molecular formula is C13H18O2. The molecule has 0 saturated heterocycles. The van der Waals surface area contributed by atoms with Gasteiger partial charge in [-0.25, -0.2) is 0 Å². The summed E-state index contributed by atoms with van der Waals surface area (Å²) in [4.78, 5) is 11.0. The van der Waals surface area contributed by atoms with Crippen LogP contribution in [0.3, 0.4) is 0 Å². The summed E-state index contributed by atoms with van der Waals surface area (Å²) in [5.74, 6) is 0.457. The zero-order valence-electron chi connectivity index (χ0n) is 9.45. The summed E-state index contributed by atoms with van der Waals surface area (Å²) >= 11 is 0. The fraction of sp³-hybridized carbons (Fsp3) is 0.462. The largest absolute Gasteiger partial charge is 0.427 e. The van der Waals surface area contributed by atoms with Gasteiger partial charge in [0.2, 0.25) is 0 Å². The Hall–Kier alpha value is -1.31. The second-order valence-electron chi connectivity index (χ2n) is 3.58. The molecule has 2 nitrogen and oxygen atoms in total. The van der Waals surface area contributed by atoms with Gasteiger partial charge >= 0.3 is 5.97 Å². The standard InChI is InChI=1S/C13H18O2/c1-3-5-6-11-7-9-12(10-8-11)15-13(14)4-2/h7-10H,3-6H2,1-2H3. The van der Waals surface area contributed by atoms with Gasteiger partial charge in [0.05, 0.1) is 0 Å². The molecule has 15 heavy (non-hydrogen) atoms. The maximum Gasteiger partial charge on any atom is 0.310 e. The highest BCUT2D eigenvalue weighted by Gasteiger charge is 2.00. The lowest BCUT2D eigenvalue weighted by molar-refractivity contribution is -0.134. The number of benzene rings is 1. The van der Waals surface area contributed by atoms with Crippen LogP contribution in [-0.4, -0.2) is 5.97 Å². The minimum Gasteiger partial charge on any atom is -0.427 e. The number of esters is 1. The lowest BCUT2D eigenvalue weighted by Crippen LogP contribution is -2.05. The van der Waals surface area contributed by atoms with Crippen molar-refractivity contribution in [1.29, 1.82) is 0 Å². The highest BCUT2D eigenvalue weighted by molar-refractivity contribution is 5.71. The van der Waals surface area contributed by atoms with Crippen LogP contribution in [0.4, 0.5) is 0 Å². The molecule has 1 rings (SSSR count). The molecule has 0 aliphatic heterocycles. The summed E-state index contributed by atoms with van der Waals surface area (Å²) < 4.78 is 5.08. The summed E-state index contributed by atoms with van der Waals surface area (Å²) in [6.07, 6.45) is 3.91. The number of unbranched alkanes of at least 4 members (excludes halogenated alkanes) is 1. The molecule has 0 aromatic heterocycles. The van der Waals surface area contributed by atoms with Crippen molar-refractivity contribution >= 4 is 5.97 Å². The van der Waals surface area contributed by atoms with E-state index in [2.05, 4.69) is 6.92 Å². The van der Waals surface area contributed by atoms with Crippen LogP contribution in [0, 0.1) is 0 Å². The van der Waals surface area contributed by atoms with Gasteiger partial charge < -0.3 is 4.74 Å². The summed E-state index contributed by atoms with van der Waals surface area (Å²) in [6, 6.07) is 7.76. The first kappa shape index (κ1) is 11.8. The van der Waals surface area contributed by atoms with E-state index in [9.17, 15) is 4.79 Å². The average molecular weight is 206 g/mol. The minimum atomic E-state index is -0.184. The molecular weight excluding hydrogens is 188 g/mol. The molecule has 1 aromatic carbocycles. The Morgan fingerprint density at radius 1 is 1.20 bits per heavy atom. The fourth-order valence-electron chi connectivity index (χ4n) is 1.31. The zero-order chi connectivity index (χ0) is 11.1. The van der Waals surface area contributed by atoms with E-state index in [1.807, 2.05) is 24.3 Å². The summed E-state index contributed by atoms with van der Waals surface area (Å²) in [5, 5.41) is 0. The van der Waals surface area contributed by atoms with Gasteiger partial charge in [0.15, 0.2) is 0 Å². The third kappa shape index (κ3) is 4.15. The molecule has 1 aromatic rings. The molecule has 0 radical (unpaired) electrons. The van der Waals surface area contributed by atoms with Gasteiger partial charge in [-0.3, -0.25) is 4.79 Å². The Labute approximate surface area is 91.3 Å². The first-order valence-electron chi connectivity index (χ1n) is 5.56. The normalized spacial score (nSPS) is 10.0. The molecule has 0 atom stereocenters. The number of hydrogen-bond acceptors (Lipinski definition) is 2. The maximum atomic E-state index is 11.0. The molecule has 0 heterocycles. The Bertz CT molecular complexity index is 301. The minimum absolute atomic E-state index is 0.184. The molecule has 0 aliphatic rings. The molecule has 0 spiro atoms. The first-order valence-corrected chi connectivity index (χ1v) is 5.56. The number of ether oxygens (including phenoxy) is 1. The molecule has 0 fully saturated rings. The van der Waals surface area contributed by atoms with Crippen LogP contribution in [0.1, 0.15) is 38.7 Å². The molecule has 0 unspecified atom stereocenters. The van der Waals surface area contributed by atoms with Gasteiger partial charge in [0.1, 0.15) is 5.75 Å². The molecule has 2 heteroatoms.